The van der Waals surface area contributed by atoms with E-state index in [1.165, 1.54) is 0 Å². The van der Waals surface area contributed by atoms with Gasteiger partial charge in [0.05, 0.1) is 0 Å². The van der Waals surface area contributed by atoms with Crippen LogP contribution in [0.2, 0.25) is 0 Å². The first kappa shape index (κ1) is 15.2. The maximum Gasteiger partial charge on any atom is 0.251 e. The van der Waals surface area contributed by atoms with Crippen molar-refractivity contribution in [3.63, 3.8) is 0 Å². The molecule has 0 bridgehead atoms. The third-order valence-corrected chi connectivity index (χ3v) is 3.84. The third-order valence-electron chi connectivity index (χ3n) is 3.84. The molecule has 2 atom stereocenters. The number of aliphatic hydroxyl groups is 1. The molecule has 0 unspecified atom stereocenters. The molecule has 0 saturated carbocycles. The Morgan fingerprint density at radius 2 is 1.78 bits per heavy atom. The molecule has 1 amide bonds. The van der Waals surface area contributed by atoms with Crippen molar-refractivity contribution >= 4 is 17.3 Å². The number of pyridine rings is 1. The topological polar surface area (TPSA) is 74.2 Å². The van der Waals surface area contributed by atoms with Gasteiger partial charge in [-0.05, 0) is 42.8 Å². The summed E-state index contributed by atoms with van der Waals surface area (Å²) in [6.07, 6.45) is 8.09. The molecule has 2 aromatic rings. The van der Waals surface area contributed by atoms with Gasteiger partial charge in [0, 0.05) is 47.9 Å². The Morgan fingerprint density at radius 3 is 2.43 bits per heavy atom. The van der Waals surface area contributed by atoms with E-state index in [-0.39, 0.29) is 24.5 Å². The van der Waals surface area contributed by atoms with Gasteiger partial charge < -0.3 is 15.7 Å². The molecule has 0 saturated heterocycles. The van der Waals surface area contributed by atoms with Gasteiger partial charge in [-0.15, -0.1) is 0 Å². The molecule has 0 spiro atoms. The second-order valence-corrected chi connectivity index (χ2v) is 5.58. The van der Waals surface area contributed by atoms with Gasteiger partial charge in [0.1, 0.15) is 0 Å². The molecule has 0 aliphatic heterocycles. The molecule has 5 heteroatoms. The summed E-state index contributed by atoms with van der Waals surface area (Å²) in [4.78, 5) is 16.2. The standard InChI is InChI=1S/C18H19N3O2/c22-12-13-1-4-17(11-13)21-18(23)14-2-5-15(6-3-14)20-16-7-9-19-10-8-16/h1-10,13,17,22H,11-12H2,(H,19,20)(H,21,23)/t13-,17+/m0/s1. The van der Waals surface area contributed by atoms with Crippen LogP contribution in [0.15, 0.2) is 60.9 Å². The average molecular weight is 309 g/mol. The molecule has 3 rings (SSSR count). The molecule has 118 valence electrons. The van der Waals surface area contributed by atoms with E-state index in [4.69, 9.17) is 5.11 Å². The van der Waals surface area contributed by atoms with Crippen molar-refractivity contribution in [2.24, 2.45) is 5.92 Å². The number of carbonyl (C=O) groups excluding carboxylic acids is 1. The van der Waals surface area contributed by atoms with Crippen LogP contribution < -0.4 is 10.6 Å². The number of rotatable bonds is 5. The first-order valence-corrected chi connectivity index (χ1v) is 7.62. The Bertz CT molecular complexity index is 683. The Kier molecular flexibility index (Phi) is 4.68. The van der Waals surface area contributed by atoms with Crippen molar-refractivity contribution in [3.05, 3.63) is 66.5 Å². The number of nitrogens with one attached hydrogen (secondary N) is 2. The van der Waals surface area contributed by atoms with E-state index in [0.29, 0.717) is 5.56 Å². The van der Waals surface area contributed by atoms with Crippen LogP contribution in [0, 0.1) is 5.92 Å². The van der Waals surface area contributed by atoms with Crippen LogP contribution in [0.3, 0.4) is 0 Å². The van der Waals surface area contributed by atoms with Crippen molar-refractivity contribution in [1.29, 1.82) is 0 Å². The van der Waals surface area contributed by atoms with Crippen LogP contribution in [0.4, 0.5) is 11.4 Å². The van der Waals surface area contributed by atoms with E-state index in [1.807, 2.05) is 36.4 Å². The van der Waals surface area contributed by atoms with Crippen molar-refractivity contribution in [1.82, 2.24) is 10.3 Å². The maximum atomic E-state index is 12.2. The lowest BCUT2D eigenvalue weighted by Gasteiger charge is -2.13. The van der Waals surface area contributed by atoms with E-state index in [0.717, 1.165) is 17.8 Å². The number of aromatic nitrogens is 1. The van der Waals surface area contributed by atoms with Gasteiger partial charge >= 0.3 is 0 Å². The highest BCUT2D eigenvalue weighted by Gasteiger charge is 2.20. The van der Waals surface area contributed by atoms with Crippen molar-refractivity contribution in [2.45, 2.75) is 12.5 Å². The van der Waals surface area contributed by atoms with E-state index in [1.54, 1.807) is 24.5 Å². The van der Waals surface area contributed by atoms with Gasteiger partial charge in [-0.25, -0.2) is 0 Å². The number of hydrogen-bond donors (Lipinski definition) is 3. The van der Waals surface area contributed by atoms with Crippen LogP contribution in [0.5, 0.6) is 0 Å². The van der Waals surface area contributed by atoms with E-state index < -0.39 is 0 Å². The van der Waals surface area contributed by atoms with Gasteiger partial charge in [-0.1, -0.05) is 12.2 Å². The number of carbonyl (C=O) groups is 1. The zero-order valence-corrected chi connectivity index (χ0v) is 12.6. The zero-order valence-electron chi connectivity index (χ0n) is 12.6. The van der Waals surface area contributed by atoms with Crippen molar-refractivity contribution in [2.75, 3.05) is 11.9 Å². The first-order chi connectivity index (χ1) is 11.2. The number of aliphatic hydroxyl groups excluding tert-OH is 1. The first-order valence-electron chi connectivity index (χ1n) is 7.62. The van der Waals surface area contributed by atoms with Crippen LogP contribution in [-0.4, -0.2) is 28.6 Å². The molecular formula is C18H19N3O2. The lowest BCUT2D eigenvalue weighted by atomic mass is 10.1. The lowest BCUT2D eigenvalue weighted by Crippen LogP contribution is -2.32. The van der Waals surface area contributed by atoms with E-state index in [2.05, 4.69) is 15.6 Å². The third kappa shape index (κ3) is 3.96. The van der Waals surface area contributed by atoms with Crippen molar-refractivity contribution < 1.29 is 9.90 Å². The highest BCUT2D eigenvalue weighted by molar-refractivity contribution is 5.95. The van der Waals surface area contributed by atoms with E-state index >= 15 is 0 Å². The predicted octanol–water partition coefficient (Wildman–Crippen LogP) is 2.49. The van der Waals surface area contributed by atoms with Gasteiger partial charge in [-0.3, -0.25) is 9.78 Å². The minimum atomic E-state index is -0.103. The summed E-state index contributed by atoms with van der Waals surface area (Å²) in [5.74, 6) is 0.0425. The normalized spacial score (nSPS) is 19.5. The molecule has 1 aliphatic carbocycles. The second kappa shape index (κ2) is 7.07. The molecule has 0 fully saturated rings. The summed E-state index contributed by atoms with van der Waals surface area (Å²) >= 11 is 0. The molecule has 0 radical (unpaired) electrons. The Labute approximate surface area is 135 Å². The largest absolute Gasteiger partial charge is 0.396 e. The van der Waals surface area contributed by atoms with Crippen LogP contribution >= 0.6 is 0 Å². The van der Waals surface area contributed by atoms with Crippen LogP contribution in [0.1, 0.15) is 16.8 Å². The van der Waals surface area contributed by atoms with Gasteiger partial charge in [0.2, 0.25) is 0 Å². The number of amides is 1. The quantitative estimate of drug-likeness (QED) is 0.742. The Balaban J connectivity index is 1.58. The highest BCUT2D eigenvalue weighted by Crippen LogP contribution is 2.19. The molecule has 1 aromatic carbocycles. The molecule has 5 nitrogen and oxygen atoms in total. The molecule has 1 aromatic heterocycles. The highest BCUT2D eigenvalue weighted by atomic mass is 16.3. The fourth-order valence-electron chi connectivity index (χ4n) is 2.58. The van der Waals surface area contributed by atoms with Crippen LogP contribution in [-0.2, 0) is 0 Å². The maximum absolute atomic E-state index is 12.2. The smallest absolute Gasteiger partial charge is 0.251 e. The fourth-order valence-corrected chi connectivity index (χ4v) is 2.58. The number of nitrogens with zero attached hydrogens (tertiary/aromatic N) is 1. The zero-order chi connectivity index (χ0) is 16.1. The molecular weight excluding hydrogens is 290 g/mol. The molecule has 1 aliphatic rings. The van der Waals surface area contributed by atoms with Gasteiger partial charge in [0.15, 0.2) is 0 Å². The summed E-state index contributed by atoms with van der Waals surface area (Å²) in [6.45, 7) is 0.123. The van der Waals surface area contributed by atoms with Crippen LogP contribution in [0.25, 0.3) is 0 Å². The number of hydrogen-bond acceptors (Lipinski definition) is 4. The minimum absolute atomic E-state index is 0.00531. The Hall–Kier alpha value is -2.66. The number of anilines is 2. The number of benzene rings is 1. The van der Waals surface area contributed by atoms with Gasteiger partial charge in [-0.2, -0.15) is 0 Å². The molecule has 1 heterocycles. The minimum Gasteiger partial charge on any atom is -0.396 e. The summed E-state index contributed by atoms with van der Waals surface area (Å²) < 4.78 is 0. The monoisotopic (exact) mass is 309 g/mol. The summed E-state index contributed by atoms with van der Waals surface area (Å²) in [7, 11) is 0. The second-order valence-electron chi connectivity index (χ2n) is 5.58. The Morgan fingerprint density at radius 1 is 1.09 bits per heavy atom. The fraction of sp³-hybridized carbons (Fsp3) is 0.222. The lowest BCUT2D eigenvalue weighted by molar-refractivity contribution is 0.0941. The summed E-state index contributed by atoms with van der Waals surface area (Å²) in [6, 6.07) is 11.1. The van der Waals surface area contributed by atoms with E-state index in [9.17, 15) is 4.79 Å². The molecule has 23 heavy (non-hydrogen) atoms. The predicted molar refractivity (Wildman–Crippen MR) is 89.5 cm³/mol. The summed E-state index contributed by atoms with van der Waals surface area (Å²) in [5, 5.41) is 15.3. The van der Waals surface area contributed by atoms with Gasteiger partial charge in [0.25, 0.3) is 5.91 Å². The SMILES string of the molecule is O=C(N[C@@H]1C=C[C@H](CO)C1)c1ccc(Nc2ccncc2)cc1. The van der Waals surface area contributed by atoms with Crippen molar-refractivity contribution in [3.8, 4) is 0 Å². The summed E-state index contributed by atoms with van der Waals surface area (Å²) in [5.41, 5.74) is 2.48. The average Bonchev–Trinajstić information content (AvgIpc) is 3.04. The molecule has 3 N–H and O–H groups in total.